The van der Waals surface area contributed by atoms with E-state index in [-0.39, 0.29) is 42.1 Å². The second-order valence-electron chi connectivity index (χ2n) is 11.5. The number of carbonyl (C=O) groups is 3. The Labute approximate surface area is 200 Å². The van der Waals surface area contributed by atoms with Gasteiger partial charge in [-0.3, -0.25) is 14.4 Å². The molecule has 180 valence electrons. The Morgan fingerprint density at radius 3 is 2.62 bits per heavy atom. The van der Waals surface area contributed by atoms with Gasteiger partial charge in [-0.25, -0.2) is 0 Å². The van der Waals surface area contributed by atoms with Gasteiger partial charge in [0.1, 0.15) is 12.2 Å². The zero-order valence-corrected chi connectivity index (χ0v) is 20.4. The predicted octanol–water partition coefficient (Wildman–Crippen LogP) is 3.87. The van der Waals surface area contributed by atoms with Crippen LogP contribution in [0.1, 0.15) is 47.0 Å². The molecule has 34 heavy (non-hydrogen) atoms. The fourth-order valence-corrected chi connectivity index (χ4v) is 8.67. The van der Waals surface area contributed by atoms with E-state index >= 15 is 0 Å². The number of fused-ring (bicyclic) bond motifs is 4. The second-order valence-corrected chi connectivity index (χ2v) is 11.5. The summed E-state index contributed by atoms with van der Waals surface area (Å²) in [6.07, 6.45) is 10.7. The highest BCUT2D eigenvalue weighted by atomic mass is 16.6. The summed E-state index contributed by atoms with van der Waals surface area (Å²) in [5.41, 5.74) is 1.23. The van der Waals surface area contributed by atoms with Gasteiger partial charge >= 0.3 is 11.9 Å². The molecule has 4 aliphatic carbocycles. The van der Waals surface area contributed by atoms with Gasteiger partial charge in [0.05, 0.1) is 25.0 Å². The molecule has 1 saturated carbocycles. The number of hydrogen-bond donors (Lipinski definition) is 0. The van der Waals surface area contributed by atoms with E-state index in [1.807, 2.05) is 13.8 Å². The molecule has 3 fully saturated rings. The Morgan fingerprint density at radius 2 is 1.94 bits per heavy atom. The molecule has 0 aromatic rings. The van der Waals surface area contributed by atoms with Crippen LogP contribution in [0.3, 0.4) is 0 Å². The van der Waals surface area contributed by atoms with Crippen molar-refractivity contribution in [2.75, 3.05) is 7.11 Å². The van der Waals surface area contributed by atoms with Crippen molar-refractivity contribution in [1.29, 1.82) is 0 Å². The van der Waals surface area contributed by atoms with Crippen molar-refractivity contribution in [1.82, 2.24) is 0 Å². The number of carbonyl (C=O) groups excluding carboxylic acids is 3. The van der Waals surface area contributed by atoms with Crippen LogP contribution in [-0.2, 0) is 28.6 Å². The molecule has 6 nitrogen and oxygen atoms in total. The standard InChI is InChI=1S/C28H32O6/c1-14-16(15-8-6-7-9-15)12-17-21(14)28(4)18(13-20(30)32-5)27(3)19(29)10-11-26(2)23(27)22(24(28)33-17)34-25(26)31/h6,8-11,16-18,22-24H,7,12-13H2,1-5H3/t16?,17?,18-,22-,23+,24-,26-,27+,28-/m1/s1. The lowest BCUT2D eigenvalue weighted by atomic mass is 9.42. The van der Waals surface area contributed by atoms with Crippen LogP contribution < -0.4 is 0 Å². The van der Waals surface area contributed by atoms with Crippen LogP contribution in [0.15, 0.2) is 47.1 Å². The molecule has 6 rings (SSSR count). The van der Waals surface area contributed by atoms with E-state index in [1.54, 1.807) is 6.08 Å². The topological polar surface area (TPSA) is 78.9 Å². The molecule has 0 radical (unpaired) electrons. The maximum Gasteiger partial charge on any atom is 0.316 e. The highest BCUT2D eigenvalue weighted by molar-refractivity contribution is 6.00. The van der Waals surface area contributed by atoms with Crippen molar-refractivity contribution >= 4 is 17.7 Å². The van der Waals surface area contributed by atoms with Crippen LogP contribution in [0.4, 0.5) is 0 Å². The summed E-state index contributed by atoms with van der Waals surface area (Å²) in [5, 5.41) is 0. The molecule has 0 aromatic carbocycles. The van der Waals surface area contributed by atoms with Crippen LogP contribution >= 0.6 is 0 Å². The number of hydrogen-bond acceptors (Lipinski definition) is 6. The highest BCUT2D eigenvalue weighted by Crippen LogP contribution is 2.71. The molecule has 0 aromatic heterocycles. The van der Waals surface area contributed by atoms with Crippen molar-refractivity contribution in [3.8, 4) is 0 Å². The summed E-state index contributed by atoms with van der Waals surface area (Å²) < 4.78 is 18.0. The molecule has 0 amide bonds. The summed E-state index contributed by atoms with van der Waals surface area (Å²) in [6.45, 7) is 8.08. The van der Waals surface area contributed by atoms with E-state index < -0.39 is 34.4 Å². The SMILES string of the molecule is COC(=O)C[C@H]1[C@]2(C)C3=C(C)C(C4=CCC=C4)CC3O[C@@H]2[C@@H]2OC(=O)[C@]3(C)C=CC(=O)[C@@]1(C)[C@@H]23. The smallest absolute Gasteiger partial charge is 0.316 e. The number of esters is 2. The number of allylic oxidation sites excluding steroid dienone is 6. The first-order valence-corrected chi connectivity index (χ1v) is 12.3. The van der Waals surface area contributed by atoms with Gasteiger partial charge < -0.3 is 14.2 Å². The van der Waals surface area contributed by atoms with Gasteiger partial charge in [-0.15, -0.1) is 0 Å². The van der Waals surface area contributed by atoms with Gasteiger partial charge in [-0.05, 0) is 49.8 Å². The second kappa shape index (κ2) is 6.81. The molecule has 6 aliphatic rings. The van der Waals surface area contributed by atoms with Gasteiger partial charge in [0.25, 0.3) is 0 Å². The summed E-state index contributed by atoms with van der Waals surface area (Å²) in [5.74, 6) is -1.23. The van der Waals surface area contributed by atoms with Crippen LogP contribution in [0, 0.1) is 34.0 Å². The minimum absolute atomic E-state index is 0.0514. The normalized spacial score (nSPS) is 48.0. The Balaban J connectivity index is 1.57. The lowest BCUT2D eigenvalue weighted by Crippen LogP contribution is -2.66. The third-order valence-electron chi connectivity index (χ3n) is 10.2. The third-order valence-corrected chi connectivity index (χ3v) is 10.2. The van der Waals surface area contributed by atoms with Gasteiger partial charge in [0.15, 0.2) is 5.78 Å². The Hall–Kier alpha value is -2.47. The van der Waals surface area contributed by atoms with E-state index in [0.717, 1.165) is 12.8 Å². The molecule has 9 atom stereocenters. The van der Waals surface area contributed by atoms with Crippen molar-refractivity contribution in [3.63, 3.8) is 0 Å². The molecule has 2 unspecified atom stereocenters. The van der Waals surface area contributed by atoms with Crippen LogP contribution in [0.5, 0.6) is 0 Å². The van der Waals surface area contributed by atoms with Crippen molar-refractivity contribution in [2.45, 2.75) is 65.3 Å². The van der Waals surface area contributed by atoms with Crippen LogP contribution in [0.2, 0.25) is 0 Å². The number of methoxy groups -OCH3 is 1. The van der Waals surface area contributed by atoms with E-state index in [9.17, 15) is 14.4 Å². The number of rotatable bonds is 3. The molecule has 0 N–H and O–H groups in total. The summed E-state index contributed by atoms with van der Waals surface area (Å²) >= 11 is 0. The first kappa shape index (κ1) is 22.0. The Kier molecular flexibility index (Phi) is 4.41. The van der Waals surface area contributed by atoms with E-state index in [2.05, 4.69) is 32.1 Å². The lowest BCUT2D eigenvalue weighted by Gasteiger charge is -2.59. The quantitative estimate of drug-likeness (QED) is 0.466. The van der Waals surface area contributed by atoms with Crippen LogP contribution in [-0.4, -0.2) is 43.1 Å². The monoisotopic (exact) mass is 464 g/mol. The summed E-state index contributed by atoms with van der Waals surface area (Å²) in [6, 6.07) is 0. The van der Waals surface area contributed by atoms with Crippen molar-refractivity contribution in [2.24, 2.45) is 34.0 Å². The predicted molar refractivity (Wildman–Crippen MR) is 123 cm³/mol. The molecule has 6 heteroatoms. The fourth-order valence-electron chi connectivity index (χ4n) is 8.67. The Bertz CT molecular complexity index is 1140. The average Bonchev–Trinajstić information content (AvgIpc) is 3.54. The molecule has 2 aliphatic heterocycles. The van der Waals surface area contributed by atoms with E-state index in [0.29, 0.717) is 0 Å². The maximum absolute atomic E-state index is 13.7. The fraction of sp³-hybridized carbons (Fsp3) is 0.607. The first-order chi connectivity index (χ1) is 16.1. The molecule has 2 heterocycles. The molecule has 0 bridgehead atoms. The molecule has 0 spiro atoms. The summed E-state index contributed by atoms with van der Waals surface area (Å²) in [4.78, 5) is 39.7. The zero-order chi connectivity index (χ0) is 24.2. The number of ether oxygens (including phenoxy) is 3. The Morgan fingerprint density at radius 1 is 1.18 bits per heavy atom. The maximum atomic E-state index is 13.7. The van der Waals surface area contributed by atoms with Gasteiger partial charge in [-0.1, -0.05) is 43.7 Å². The van der Waals surface area contributed by atoms with Crippen molar-refractivity contribution < 1.29 is 28.6 Å². The number of ketones is 1. The third kappa shape index (κ3) is 2.38. The molecular weight excluding hydrogens is 432 g/mol. The van der Waals surface area contributed by atoms with Gasteiger partial charge in [0, 0.05) is 22.7 Å². The first-order valence-electron chi connectivity index (χ1n) is 12.3. The molecular formula is C28H32O6. The van der Waals surface area contributed by atoms with Crippen LogP contribution in [0.25, 0.3) is 0 Å². The van der Waals surface area contributed by atoms with Gasteiger partial charge in [-0.2, -0.15) is 0 Å². The van der Waals surface area contributed by atoms with Gasteiger partial charge in [0.2, 0.25) is 0 Å². The lowest BCUT2D eigenvalue weighted by molar-refractivity contribution is -0.190. The zero-order valence-electron chi connectivity index (χ0n) is 20.4. The average molecular weight is 465 g/mol. The minimum Gasteiger partial charge on any atom is -0.469 e. The van der Waals surface area contributed by atoms with E-state index in [1.165, 1.54) is 29.9 Å². The molecule has 2 saturated heterocycles. The van der Waals surface area contributed by atoms with E-state index in [4.69, 9.17) is 14.2 Å². The summed E-state index contributed by atoms with van der Waals surface area (Å²) in [7, 11) is 1.38. The largest absolute Gasteiger partial charge is 0.469 e. The highest BCUT2D eigenvalue weighted by Gasteiger charge is 2.77. The minimum atomic E-state index is -0.962. The van der Waals surface area contributed by atoms with Crippen molar-refractivity contribution in [3.05, 3.63) is 47.1 Å².